The van der Waals surface area contributed by atoms with Gasteiger partial charge in [0.25, 0.3) is 0 Å². The van der Waals surface area contributed by atoms with Crippen LogP contribution < -0.4 is 5.32 Å². The predicted molar refractivity (Wildman–Crippen MR) is 103 cm³/mol. The summed E-state index contributed by atoms with van der Waals surface area (Å²) in [5, 5.41) is 13.9. The highest BCUT2D eigenvalue weighted by atomic mass is 16.5. The van der Waals surface area contributed by atoms with Gasteiger partial charge in [-0.3, -0.25) is 0 Å². The van der Waals surface area contributed by atoms with E-state index in [1.165, 1.54) is 0 Å². The molecule has 1 N–H and O–H groups in total. The van der Waals surface area contributed by atoms with Crippen LogP contribution in [0.15, 0.2) is 54.6 Å². The highest BCUT2D eigenvalue weighted by molar-refractivity contribution is 6.01. The molecule has 1 atom stereocenters. The van der Waals surface area contributed by atoms with Gasteiger partial charge in [-0.1, -0.05) is 56.3 Å². The molecule has 2 aromatic carbocycles. The van der Waals surface area contributed by atoms with Crippen LogP contribution in [-0.2, 0) is 4.74 Å². The van der Waals surface area contributed by atoms with E-state index in [2.05, 4.69) is 37.4 Å². The monoisotopic (exact) mass is 332 g/mol. The second kappa shape index (κ2) is 7.03. The molecule has 1 aliphatic rings. The maximum Gasteiger partial charge on any atom is 0.158 e. The van der Waals surface area contributed by atoms with Crippen molar-refractivity contribution in [2.24, 2.45) is 5.92 Å². The molecule has 1 heterocycles. The fourth-order valence-electron chi connectivity index (χ4n) is 3.94. The van der Waals surface area contributed by atoms with Crippen LogP contribution in [0.2, 0.25) is 0 Å². The molecule has 0 spiro atoms. The van der Waals surface area contributed by atoms with Crippen molar-refractivity contribution in [3.63, 3.8) is 0 Å². The molecular weight excluding hydrogens is 308 g/mol. The highest BCUT2D eigenvalue weighted by Gasteiger charge is 2.47. The molecule has 128 valence electrons. The van der Waals surface area contributed by atoms with Gasteiger partial charge in [-0.2, -0.15) is 5.26 Å². The second-order valence-electron chi connectivity index (χ2n) is 6.38. The number of benzene rings is 2. The predicted octanol–water partition coefficient (Wildman–Crippen LogP) is 5.33. The number of rotatable bonds is 5. The number of methoxy groups -OCH3 is 1. The number of fused-ring (bicyclic) bond motifs is 1. The van der Waals surface area contributed by atoms with E-state index in [0.717, 1.165) is 41.0 Å². The third-order valence-corrected chi connectivity index (χ3v) is 5.17. The Morgan fingerprint density at radius 3 is 2.28 bits per heavy atom. The highest BCUT2D eigenvalue weighted by Crippen LogP contribution is 2.48. The first-order chi connectivity index (χ1) is 12.2. The van der Waals surface area contributed by atoms with E-state index in [0.29, 0.717) is 0 Å². The number of nitrogens with zero attached hydrogens (tertiary/aromatic N) is 1. The summed E-state index contributed by atoms with van der Waals surface area (Å²) in [6.45, 7) is 4.29. The second-order valence-corrected chi connectivity index (χ2v) is 6.38. The van der Waals surface area contributed by atoms with Gasteiger partial charge in [-0.25, -0.2) is 0 Å². The topological polar surface area (TPSA) is 45.0 Å². The summed E-state index contributed by atoms with van der Waals surface area (Å²) in [7, 11) is 1.69. The lowest BCUT2D eigenvalue weighted by atomic mass is 9.70. The van der Waals surface area contributed by atoms with E-state index >= 15 is 0 Å². The average Bonchev–Trinajstić information content (AvgIpc) is 2.68. The van der Waals surface area contributed by atoms with Crippen molar-refractivity contribution in [2.45, 2.75) is 32.2 Å². The van der Waals surface area contributed by atoms with Crippen molar-refractivity contribution >= 4 is 17.0 Å². The molecule has 0 aromatic heterocycles. The number of para-hydroxylation sites is 1. The Morgan fingerprint density at radius 2 is 1.68 bits per heavy atom. The van der Waals surface area contributed by atoms with Gasteiger partial charge in [0.1, 0.15) is 5.76 Å². The van der Waals surface area contributed by atoms with Crippen molar-refractivity contribution in [1.29, 1.82) is 5.26 Å². The fourth-order valence-corrected chi connectivity index (χ4v) is 3.94. The number of hydrogen-bond acceptors (Lipinski definition) is 3. The van der Waals surface area contributed by atoms with E-state index < -0.39 is 5.54 Å². The van der Waals surface area contributed by atoms with Crippen LogP contribution in [0, 0.1) is 17.2 Å². The molecule has 0 bridgehead atoms. The van der Waals surface area contributed by atoms with Gasteiger partial charge in [-0.05, 0) is 36.5 Å². The molecule has 0 aliphatic carbocycles. The summed E-state index contributed by atoms with van der Waals surface area (Å²) >= 11 is 0. The van der Waals surface area contributed by atoms with Crippen molar-refractivity contribution < 1.29 is 4.74 Å². The standard InChI is InChI=1S/C22H24N2O/c1-4-17(5-2)22(15-23)20(16-11-7-6-8-12-16)21(25-3)18-13-9-10-14-19(18)24-22/h6-14,17,24H,4-5H2,1-3H3. The average molecular weight is 332 g/mol. The lowest BCUT2D eigenvalue weighted by molar-refractivity contribution is 0.356. The van der Waals surface area contributed by atoms with Crippen molar-refractivity contribution in [3.05, 3.63) is 65.7 Å². The number of nitriles is 1. The minimum absolute atomic E-state index is 0.172. The Bertz CT molecular complexity index is 815. The first-order valence-corrected chi connectivity index (χ1v) is 8.84. The van der Waals surface area contributed by atoms with Gasteiger partial charge in [0, 0.05) is 16.8 Å². The van der Waals surface area contributed by atoms with E-state index in [-0.39, 0.29) is 5.92 Å². The Kier molecular flexibility index (Phi) is 4.81. The van der Waals surface area contributed by atoms with E-state index in [1.807, 2.05) is 42.5 Å². The molecule has 0 fully saturated rings. The molecule has 0 saturated carbocycles. The summed E-state index contributed by atoms with van der Waals surface area (Å²) < 4.78 is 5.87. The summed E-state index contributed by atoms with van der Waals surface area (Å²) in [6, 6.07) is 20.8. The SMILES string of the molecule is CCC(CC)C1(C#N)Nc2ccccc2C(OC)=C1c1ccccc1. The van der Waals surface area contributed by atoms with Crippen LogP contribution in [-0.4, -0.2) is 12.6 Å². The van der Waals surface area contributed by atoms with E-state index in [4.69, 9.17) is 4.74 Å². The van der Waals surface area contributed by atoms with Crippen molar-refractivity contribution in [3.8, 4) is 6.07 Å². The maximum atomic E-state index is 10.3. The van der Waals surface area contributed by atoms with E-state index in [1.54, 1.807) is 7.11 Å². The zero-order valence-electron chi connectivity index (χ0n) is 15.0. The minimum Gasteiger partial charge on any atom is -0.496 e. The maximum absolute atomic E-state index is 10.3. The number of anilines is 1. The summed E-state index contributed by atoms with van der Waals surface area (Å²) in [4.78, 5) is 0. The molecule has 1 aliphatic heterocycles. The van der Waals surface area contributed by atoms with Gasteiger partial charge in [-0.15, -0.1) is 0 Å². The number of ether oxygens (including phenoxy) is 1. The van der Waals surface area contributed by atoms with Gasteiger partial charge < -0.3 is 10.1 Å². The van der Waals surface area contributed by atoms with Crippen molar-refractivity contribution in [1.82, 2.24) is 0 Å². The Balaban J connectivity index is 2.37. The Labute approximate surface area is 149 Å². The summed E-state index contributed by atoms with van der Waals surface area (Å²) in [5.74, 6) is 0.959. The van der Waals surface area contributed by atoms with Gasteiger partial charge in [0.15, 0.2) is 5.54 Å². The van der Waals surface area contributed by atoms with Crippen LogP contribution in [0.1, 0.15) is 37.8 Å². The van der Waals surface area contributed by atoms with Crippen LogP contribution in [0.4, 0.5) is 5.69 Å². The number of hydrogen-bond donors (Lipinski definition) is 1. The quantitative estimate of drug-likeness (QED) is 0.805. The zero-order valence-corrected chi connectivity index (χ0v) is 15.0. The van der Waals surface area contributed by atoms with Gasteiger partial charge >= 0.3 is 0 Å². The largest absolute Gasteiger partial charge is 0.496 e. The normalized spacial score (nSPS) is 19.2. The number of nitrogens with one attached hydrogen (secondary N) is 1. The minimum atomic E-state index is -0.815. The van der Waals surface area contributed by atoms with Crippen LogP contribution in [0.25, 0.3) is 11.3 Å². The zero-order chi connectivity index (χ0) is 17.9. The fraction of sp³-hybridized carbons (Fsp3) is 0.318. The Hall–Kier alpha value is -2.73. The van der Waals surface area contributed by atoms with Crippen molar-refractivity contribution in [2.75, 3.05) is 12.4 Å². The van der Waals surface area contributed by atoms with Gasteiger partial charge in [0.2, 0.25) is 0 Å². The molecule has 2 aromatic rings. The molecule has 0 saturated heterocycles. The van der Waals surface area contributed by atoms with Crippen LogP contribution in [0.3, 0.4) is 0 Å². The van der Waals surface area contributed by atoms with Crippen LogP contribution in [0.5, 0.6) is 0 Å². The molecule has 25 heavy (non-hydrogen) atoms. The summed E-state index contributed by atoms with van der Waals surface area (Å²) in [6.07, 6.45) is 1.82. The third kappa shape index (κ3) is 2.68. The molecule has 3 rings (SSSR count). The van der Waals surface area contributed by atoms with Crippen LogP contribution >= 0.6 is 0 Å². The molecule has 0 radical (unpaired) electrons. The molecule has 3 heteroatoms. The van der Waals surface area contributed by atoms with Gasteiger partial charge in [0.05, 0.1) is 13.2 Å². The lowest BCUT2D eigenvalue weighted by Crippen LogP contribution is -2.47. The smallest absolute Gasteiger partial charge is 0.158 e. The van der Waals surface area contributed by atoms with E-state index in [9.17, 15) is 5.26 Å². The first-order valence-electron chi connectivity index (χ1n) is 8.84. The first kappa shape index (κ1) is 17.1. The Morgan fingerprint density at radius 1 is 1.04 bits per heavy atom. The molecular formula is C22H24N2O. The third-order valence-electron chi connectivity index (χ3n) is 5.17. The lowest BCUT2D eigenvalue weighted by Gasteiger charge is -2.42. The molecule has 3 nitrogen and oxygen atoms in total. The summed E-state index contributed by atoms with van der Waals surface area (Å²) in [5.41, 5.74) is 3.10. The molecule has 1 unspecified atom stereocenters. The molecule has 0 amide bonds.